The lowest BCUT2D eigenvalue weighted by Crippen LogP contribution is -2.58. The number of ether oxygens (including phenoxy) is 4. The average Bonchev–Trinajstić information content (AvgIpc) is 3.36. The summed E-state index contributed by atoms with van der Waals surface area (Å²) in [7, 11) is 0. The summed E-state index contributed by atoms with van der Waals surface area (Å²) in [6.45, 7) is 10.6. The zero-order valence-corrected chi connectivity index (χ0v) is 21.2. The molecule has 1 spiro atoms. The van der Waals surface area contributed by atoms with E-state index in [-0.39, 0.29) is 11.7 Å². The Morgan fingerprint density at radius 1 is 1.12 bits per heavy atom. The quantitative estimate of drug-likeness (QED) is 0.196. The van der Waals surface area contributed by atoms with Crippen LogP contribution in [0.4, 0.5) is 0 Å². The molecule has 4 aliphatic carbocycles. The minimum atomic E-state index is -0.591. The minimum Gasteiger partial charge on any atom is -0.809 e. The van der Waals surface area contributed by atoms with Gasteiger partial charge in [0.1, 0.15) is 0 Å². The third kappa shape index (κ3) is 3.86. The van der Waals surface area contributed by atoms with Crippen molar-refractivity contribution in [1.29, 1.82) is 0 Å². The molecule has 0 radical (unpaired) electrons. The Morgan fingerprint density at radius 2 is 1.91 bits per heavy atom. The van der Waals surface area contributed by atoms with Crippen LogP contribution in [-0.4, -0.2) is 43.2 Å². The predicted molar refractivity (Wildman–Crippen MR) is 130 cm³/mol. The molecule has 0 bridgehead atoms. The van der Waals surface area contributed by atoms with Crippen molar-refractivity contribution in [3.63, 3.8) is 0 Å². The minimum absolute atomic E-state index is 0.0375. The molecule has 0 amide bonds. The molecule has 0 aromatic heterocycles. The van der Waals surface area contributed by atoms with Crippen molar-refractivity contribution >= 4 is 5.71 Å². The summed E-state index contributed by atoms with van der Waals surface area (Å²) in [6.07, 6.45) is 13.2. The average molecular weight is 459 g/mol. The molecular formula is C28H44NO4-. The second-order valence-electron chi connectivity index (χ2n) is 11.7. The Kier molecular flexibility index (Phi) is 6.56. The van der Waals surface area contributed by atoms with Crippen LogP contribution in [0.15, 0.2) is 11.6 Å². The standard InChI is InChI=1S/C28H44NO4/c1-5-6-15-30-20(3)33-28(19(2)29)14-11-25-24-8-7-21-18-27(31-16-17-32-27)13-10-22(21)23(24)9-12-26(25,28)4/h18,20,22-25H,5-17H2,1-4H3/q-1/t20?,22-,23+,24+,25-,26-,28-/m0/s1. The van der Waals surface area contributed by atoms with Crippen LogP contribution < -0.4 is 0 Å². The zero-order valence-electron chi connectivity index (χ0n) is 21.2. The van der Waals surface area contributed by atoms with Crippen LogP contribution in [-0.2, 0) is 18.9 Å². The molecule has 7 atom stereocenters. The summed E-state index contributed by atoms with van der Waals surface area (Å²) in [5.41, 5.74) is 1.41. The molecule has 3 saturated carbocycles. The van der Waals surface area contributed by atoms with Gasteiger partial charge in [-0.3, -0.25) is 0 Å². The first kappa shape index (κ1) is 24.0. The first-order valence-corrected chi connectivity index (χ1v) is 13.7. The van der Waals surface area contributed by atoms with E-state index in [1.807, 2.05) is 13.8 Å². The Bertz CT molecular complexity index is 774. The summed E-state index contributed by atoms with van der Waals surface area (Å²) >= 11 is 0. The molecule has 1 aliphatic heterocycles. The monoisotopic (exact) mass is 458 g/mol. The van der Waals surface area contributed by atoms with Gasteiger partial charge in [-0.2, -0.15) is 5.71 Å². The summed E-state index contributed by atoms with van der Waals surface area (Å²) in [6, 6.07) is 0. The number of unbranched alkanes of at least 4 members (excludes halogenated alkanes) is 1. The number of hydrogen-bond donors (Lipinski definition) is 0. The Balaban J connectivity index is 1.35. The molecule has 0 aromatic rings. The van der Waals surface area contributed by atoms with Crippen molar-refractivity contribution in [1.82, 2.24) is 0 Å². The fraction of sp³-hybridized carbons (Fsp3) is 0.893. The van der Waals surface area contributed by atoms with Gasteiger partial charge in [-0.1, -0.05) is 32.8 Å². The highest BCUT2D eigenvalue weighted by atomic mass is 16.7. The van der Waals surface area contributed by atoms with Crippen LogP contribution >= 0.6 is 0 Å². The molecule has 4 fully saturated rings. The Morgan fingerprint density at radius 3 is 2.64 bits per heavy atom. The molecule has 5 aliphatic rings. The lowest BCUT2D eigenvalue weighted by atomic mass is 9.50. The summed E-state index contributed by atoms with van der Waals surface area (Å²) in [4.78, 5) is 0. The van der Waals surface area contributed by atoms with Gasteiger partial charge < -0.3 is 24.4 Å². The Labute approximate surface area is 200 Å². The number of rotatable bonds is 7. The van der Waals surface area contributed by atoms with E-state index < -0.39 is 11.4 Å². The molecule has 33 heavy (non-hydrogen) atoms. The largest absolute Gasteiger partial charge is 0.809 e. The Hall–Kier alpha value is -0.750. The van der Waals surface area contributed by atoms with Crippen molar-refractivity contribution in [2.45, 2.75) is 110 Å². The van der Waals surface area contributed by atoms with Gasteiger partial charge >= 0.3 is 0 Å². The van der Waals surface area contributed by atoms with Crippen LogP contribution in [0.3, 0.4) is 0 Å². The highest BCUT2D eigenvalue weighted by Gasteiger charge is 2.63. The SMILES string of the molecule is CCCCOC(C)O[C@]1(C(C)=[N-])CC[C@H]2[C@@H]3CCC4=CC5(CC[C@@H]4[C@H]3CC[C@@]21C)OCCO5. The summed E-state index contributed by atoms with van der Waals surface area (Å²) in [5, 5.41) is 11.0. The highest BCUT2D eigenvalue weighted by molar-refractivity contribution is 5.94. The van der Waals surface area contributed by atoms with E-state index in [0.717, 1.165) is 64.3 Å². The fourth-order valence-corrected chi connectivity index (χ4v) is 8.60. The van der Waals surface area contributed by atoms with E-state index in [1.165, 1.54) is 25.7 Å². The van der Waals surface area contributed by atoms with Crippen LogP contribution in [0.25, 0.3) is 5.41 Å². The van der Waals surface area contributed by atoms with Crippen molar-refractivity contribution in [3.05, 3.63) is 17.1 Å². The van der Waals surface area contributed by atoms with Crippen molar-refractivity contribution in [3.8, 4) is 0 Å². The lowest BCUT2D eigenvalue weighted by Gasteiger charge is -2.58. The van der Waals surface area contributed by atoms with Crippen LogP contribution in [0.5, 0.6) is 0 Å². The second kappa shape index (κ2) is 9.04. The molecule has 0 N–H and O–H groups in total. The van der Waals surface area contributed by atoms with Gasteiger partial charge in [0.15, 0.2) is 12.1 Å². The summed E-state index contributed by atoms with van der Waals surface area (Å²) < 4.78 is 24.7. The maximum absolute atomic E-state index is 11.0. The smallest absolute Gasteiger partial charge is 0.188 e. The third-order valence-electron chi connectivity index (χ3n) is 10.2. The van der Waals surface area contributed by atoms with Gasteiger partial charge in [0.25, 0.3) is 0 Å². The second-order valence-corrected chi connectivity index (χ2v) is 11.7. The van der Waals surface area contributed by atoms with E-state index in [1.54, 1.807) is 5.57 Å². The molecule has 5 rings (SSSR count). The van der Waals surface area contributed by atoms with Gasteiger partial charge in [0.2, 0.25) is 0 Å². The van der Waals surface area contributed by atoms with E-state index in [4.69, 9.17) is 18.9 Å². The molecule has 186 valence electrons. The van der Waals surface area contributed by atoms with E-state index in [2.05, 4.69) is 19.9 Å². The van der Waals surface area contributed by atoms with Crippen molar-refractivity contribution in [2.24, 2.45) is 29.1 Å². The molecule has 0 aromatic carbocycles. The number of hydrogen-bond acceptors (Lipinski definition) is 4. The van der Waals surface area contributed by atoms with E-state index in [9.17, 15) is 5.41 Å². The molecular weight excluding hydrogens is 414 g/mol. The number of nitrogens with zero attached hydrogens (tertiary/aromatic N) is 1. The van der Waals surface area contributed by atoms with Gasteiger partial charge in [-0.25, -0.2) is 0 Å². The van der Waals surface area contributed by atoms with Gasteiger partial charge in [-0.15, -0.1) is 0 Å². The van der Waals surface area contributed by atoms with Gasteiger partial charge in [-0.05, 0) is 88.0 Å². The summed E-state index contributed by atoms with van der Waals surface area (Å²) in [5.74, 6) is 2.31. The topological polar surface area (TPSA) is 59.2 Å². The maximum Gasteiger partial charge on any atom is 0.188 e. The van der Waals surface area contributed by atoms with E-state index in [0.29, 0.717) is 23.5 Å². The first-order valence-electron chi connectivity index (χ1n) is 13.7. The zero-order chi connectivity index (χ0) is 23.3. The van der Waals surface area contributed by atoms with Crippen molar-refractivity contribution in [2.75, 3.05) is 19.8 Å². The van der Waals surface area contributed by atoms with Crippen molar-refractivity contribution < 1.29 is 18.9 Å². The van der Waals surface area contributed by atoms with Crippen LogP contribution in [0, 0.1) is 29.1 Å². The normalized spacial score (nSPS) is 42.4. The molecule has 1 unspecified atom stereocenters. The number of allylic oxidation sites excluding steroid dienone is 1. The predicted octanol–water partition coefficient (Wildman–Crippen LogP) is 6.25. The molecule has 5 heteroatoms. The van der Waals surface area contributed by atoms with Crippen LogP contribution in [0.2, 0.25) is 0 Å². The maximum atomic E-state index is 11.0. The lowest BCUT2D eigenvalue weighted by molar-refractivity contribution is -0.217. The molecule has 5 nitrogen and oxygen atoms in total. The van der Waals surface area contributed by atoms with E-state index >= 15 is 0 Å². The highest BCUT2D eigenvalue weighted by Crippen LogP contribution is 2.66. The van der Waals surface area contributed by atoms with Gasteiger partial charge in [0.05, 0.1) is 18.8 Å². The van der Waals surface area contributed by atoms with Crippen LogP contribution in [0.1, 0.15) is 91.9 Å². The fourth-order valence-electron chi connectivity index (χ4n) is 8.60. The molecule has 1 saturated heterocycles. The number of fused-ring (bicyclic) bond motifs is 5. The third-order valence-corrected chi connectivity index (χ3v) is 10.2. The first-order chi connectivity index (χ1) is 15.8. The van der Waals surface area contributed by atoms with Gasteiger partial charge in [0, 0.05) is 18.4 Å². The molecule has 1 heterocycles.